The van der Waals surface area contributed by atoms with Gasteiger partial charge in [0, 0.05) is 18.9 Å². The van der Waals surface area contributed by atoms with Gasteiger partial charge >= 0.3 is 0 Å². The molecule has 1 N–H and O–H groups in total. The first kappa shape index (κ1) is 10.0. The summed E-state index contributed by atoms with van der Waals surface area (Å²) in [6, 6.07) is 4.00. The van der Waals surface area contributed by atoms with Crippen molar-refractivity contribution in [3.8, 4) is 0 Å². The molecule has 1 aromatic heterocycles. The van der Waals surface area contributed by atoms with E-state index in [1.54, 1.807) is 6.20 Å². The van der Waals surface area contributed by atoms with Crippen LogP contribution in [-0.4, -0.2) is 11.5 Å². The highest BCUT2D eigenvalue weighted by Crippen LogP contribution is 2.08. The normalized spacial score (nSPS) is 12.5. The van der Waals surface area contributed by atoms with E-state index in [2.05, 4.69) is 24.1 Å². The average molecular weight is 178 g/mol. The van der Waals surface area contributed by atoms with Crippen LogP contribution in [0.3, 0.4) is 0 Å². The van der Waals surface area contributed by atoms with Crippen molar-refractivity contribution >= 4 is 5.69 Å². The highest BCUT2D eigenvalue weighted by atomic mass is 14.9. The number of nitrogens with one attached hydrogen (secondary N) is 1. The van der Waals surface area contributed by atoms with Crippen LogP contribution >= 0.6 is 0 Å². The SMILES string of the molecule is CCC[C@H](C)CNc1cccnc1. The Morgan fingerprint density at radius 2 is 2.38 bits per heavy atom. The largest absolute Gasteiger partial charge is 0.384 e. The van der Waals surface area contributed by atoms with Crippen LogP contribution in [-0.2, 0) is 0 Å². The Hall–Kier alpha value is -1.05. The lowest BCUT2D eigenvalue weighted by Crippen LogP contribution is -2.10. The fourth-order valence-electron chi connectivity index (χ4n) is 1.35. The third-order valence-electron chi connectivity index (χ3n) is 2.10. The summed E-state index contributed by atoms with van der Waals surface area (Å²) in [5.41, 5.74) is 1.12. The first-order chi connectivity index (χ1) is 6.33. The van der Waals surface area contributed by atoms with E-state index in [-0.39, 0.29) is 0 Å². The Balaban J connectivity index is 2.27. The number of nitrogens with zero attached hydrogens (tertiary/aromatic N) is 1. The third-order valence-corrected chi connectivity index (χ3v) is 2.10. The fraction of sp³-hybridized carbons (Fsp3) is 0.545. The lowest BCUT2D eigenvalue weighted by molar-refractivity contribution is 0.550. The predicted octanol–water partition coefficient (Wildman–Crippen LogP) is 2.93. The molecule has 0 bridgehead atoms. The molecule has 0 amide bonds. The molecule has 1 rings (SSSR count). The molecule has 0 unspecified atom stereocenters. The molecule has 13 heavy (non-hydrogen) atoms. The van der Waals surface area contributed by atoms with Crippen LogP contribution in [0.4, 0.5) is 5.69 Å². The molecule has 0 saturated heterocycles. The maximum absolute atomic E-state index is 4.05. The summed E-state index contributed by atoms with van der Waals surface area (Å²) in [6.07, 6.45) is 6.20. The summed E-state index contributed by atoms with van der Waals surface area (Å²) in [6.45, 7) is 5.53. The zero-order valence-electron chi connectivity index (χ0n) is 8.46. The van der Waals surface area contributed by atoms with E-state index in [1.807, 2.05) is 18.3 Å². The molecule has 2 nitrogen and oxygen atoms in total. The van der Waals surface area contributed by atoms with Crippen molar-refractivity contribution in [2.75, 3.05) is 11.9 Å². The minimum absolute atomic E-state index is 0.741. The van der Waals surface area contributed by atoms with Gasteiger partial charge in [-0.3, -0.25) is 4.98 Å². The van der Waals surface area contributed by atoms with Gasteiger partial charge in [-0.1, -0.05) is 20.3 Å². The second-order valence-corrected chi connectivity index (χ2v) is 3.52. The first-order valence-corrected chi connectivity index (χ1v) is 4.96. The van der Waals surface area contributed by atoms with E-state index >= 15 is 0 Å². The molecule has 0 radical (unpaired) electrons. The third kappa shape index (κ3) is 3.92. The molecule has 0 aliphatic carbocycles. The van der Waals surface area contributed by atoms with E-state index in [1.165, 1.54) is 12.8 Å². The molecule has 0 aliphatic rings. The van der Waals surface area contributed by atoms with Gasteiger partial charge in [-0.05, 0) is 24.5 Å². The number of aromatic nitrogens is 1. The van der Waals surface area contributed by atoms with Gasteiger partial charge in [0.2, 0.25) is 0 Å². The van der Waals surface area contributed by atoms with Crippen molar-refractivity contribution < 1.29 is 0 Å². The van der Waals surface area contributed by atoms with Gasteiger partial charge in [-0.2, -0.15) is 0 Å². The monoisotopic (exact) mass is 178 g/mol. The summed E-state index contributed by atoms with van der Waals surface area (Å²) >= 11 is 0. The Morgan fingerprint density at radius 1 is 1.54 bits per heavy atom. The van der Waals surface area contributed by atoms with Gasteiger partial charge in [0.25, 0.3) is 0 Å². The van der Waals surface area contributed by atoms with Gasteiger partial charge in [-0.25, -0.2) is 0 Å². The molecule has 0 aliphatic heterocycles. The molecule has 1 atom stereocenters. The molecular formula is C11H18N2. The van der Waals surface area contributed by atoms with Crippen LogP contribution in [0.2, 0.25) is 0 Å². The van der Waals surface area contributed by atoms with Gasteiger partial charge in [0.05, 0.1) is 5.69 Å². The summed E-state index contributed by atoms with van der Waals surface area (Å²) in [5.74, 6) is 0.741. The van der Waals surface area contributed by atoms with Crippen LogP contribution in [0.25, 0.3) is 0 Å². The van der Waals surface area contributed by atoms with Gasteiger partial charge < -0.3 is 5.32 Å². The highest BCUT2D eigenvalue weighted by Gasteiger charge is 1.99. The molecule has 0 fully saturated rings. The van der Waals surface area contributed by atoms with Crippen LogP contribution in [0.5, 0.6) is 0 Å². The molecule has 1 heterocycles. The smallest absolute Gasteiger partial charge is 0.0526 e. The predicted molar refractivity (Wildman–Crippen MR) is 56.8 cm³/mol. The van der Waals surface area contributed by atoms with Crippen LogP contribution in [0.15, 0.2) is 24.5 Å². The first-order valence-electron chi connectivity index (χ1n) is 4.96. The van der Waals surface area contributed by atoms with Crippen molar-refractivity contribution in [3.05, 3.63) is 24.5 Å². The lowest BCUT2D eigenvalue weighted by atomic mass is 10.1. The Bertz CT molecular complexity index is 221. The summed E-state index contributed by atoms with van der Waals surface area (Å²) in [4.78, 5) is 4.05. The van der Waals surface area contributed by atoms with E-state index < -0.39 is 0 Å². The summed E-state index contributed by atoms with van der Waals surface area (Å²) < 4.78 is 0. The summed E-state index contributed by atoms with van der Waals surface area (Å²) in [5, 5.41) is 3.37. The van der Waals surface area contributed by atoms with Gasteiger partial charge in [-0.15, -0.1) is 0 Å². The van der Waals surface area contributed by atoms with Crippen molar-refractivity contribution in [1.29, 1.82) is 0 Å². The number of hydrogen-bond donors (Lipinski definition) is 1. The van der Waals surface area contributed by atoms with Gasteiger partial charge in [0.15, 0.2) is 0 Å². The molecule has 2 heteroatoms. The Labute approximate surface area is 80.4 Å². The number of rotatable bonds is 5. The van der Waals surface area contributed by atoms with E-state index in [0.29, 0.717) is 0 Å². The second-order valence-electron chi connectivity index (χ2n) is 3.52. The zero-order chi connectivity index (χ0) is 9.52. The maximum Gasteiger partial charge on any atom is 0.0526 e. The summed E-state index contributed by atoms with van der Waals surface area (Å²) in [7, 11) is 0. The van der Waals surface area contributed by atoms with Crippen LogP contribution < -0.4 is 5.32 Å². The van der Waals surface area contributed by atoms with Crippen molar-refractivity contribution in [2.45, 2.75) is 26.7 Å². The van der Waals surface area contributed by atoms with Crippen molar-refractivity contribution in [1.82, 2.24) is 4.98 Å². The Morgan fingerprint density at radius 3 is 3.00 bits per heavy atom. The Kier molecular flexibility index (Phi) is 4.30. The molecule has 0 spiro atoms. The van der Waals surface area contributed by atoms with E-state index in [9.17, 15) is 0 Å². The van der Waals surface area contributed by atoms with Gasteiger partial charge in [0.1, 0.15) is 0 Å². The number of hydrogen-bond acceptors (Lipinski definition) is 2. The maximum atomic E-state index is 4.05. The molecular weight excluding hydrogens is 160 g/mol. The highest BCUT2D eigenvalue weighted by molar-refractivity contribution is 5.39. The van der Waals surface area contributed by atoms with Crippen LogP contribution in [0, 0.1) is 5.92 Å². The molecule has 0 saturated carbocycles. The minimum atomic E-state index is 0.741. The number of anilines is 1. The van der Waals surface area contributed by atoms with Crippen molar-refractivity contribution in [2.24, 2.45) is 5.92 Å². The van der Waals surface area contributed by atoms with E-state index in [0.717, 1.165) is 18.2 Å². The van der Waals surface area contributed by atoms with Crippen molar-refractivity contribution in [3.63, 3.8) is 0 Å². The van der Waals surface area contributed by atoms with E-state index in [4.69, 9.17) is 0 Å². The quantitative estimate of drug-likeness (QED) is 0.749. The lowest BCUT2D eigenvalue weighted by Gasteiger charge is -2.11. The zero-order valence-corrected chi connectivity index (χ0v) is 8.46. The average Bonchev–Trinajstić information content (AvgIpc) is 2.17. The molecule has 0 aromatic carbocycles. The molecule has 1 aromatic rings. The standard InChI is InChI=1S/C11H18N2/c1-3-5-10(2)8-13-11-6-4-7-12-9-11/h4,6-7,9-10,13H,3,5,8H2,1-2H3/t10-/m0/s1. The number of pyridine rings is 1. The minimum Gasteiger partial charge on any atom is -0.384 e. The second kappa shape index (κ2) is 5.57. The molecule has 72 valence electrons. The topological polar surface area (TPSA) is 24.9 Å². The van der Waals surface area contributed by atoms with Crippen LogP contribution in [0.1, 0.15) is 26.7 Å². The fourth-order valence-corrected chi connectivity index (χ4v) is 1.35.